The van der Waals surface area contributed by atoms with Crippen molar-refractivity contribution < 1.29 is 4.79 Å². The van der Waals surface area contributed by atoms with E-state index in [4.69, 9.17) is 0 Å². The number of tetrazole rings is 1. The number of benzene rings is 1. The molecule has 0 saturated heterocycles. The zero-order valence-corrected chi connectivity index (χ0v) is 12.8. The number of aromatic amines is 1. The molecule has 3 aromatic rings. The number of H-pyrrole nitrogens is 1. The Kier molecular flexibility index (Phi) is 2.97. The zero-order chi connectivity index (χ0) is 16.0. The Bertz CT molecular complexity index is 881. The smallest absolute Gasteiger partial charge is 0.276 e. The summed E-state index contributed by atoms with van der Waals surface area (Å²) < 4.78 is 1.62. The van der Waals surface area contributed by atoms with E-state index >= 15 is 0 Å². The highest BCUT2D eigenvalue weighted by Crippen LogP contribution is 2.35. The molecule has 0 bridgehead atoms. The average molecular weight is 309 g/mol. The molecule has 0 radical (unpaired) electrons. The standard InChI is InChI=1S/C15H15N7O/c1-9-8-13(21(2)18-9)15(23)22-7-6-10-11(4-3-5-12(10)22)14-16-19-20-17-14/h3-5,8H,6-7H2,1-2H3,(H,16,17,19,20). The summed E-state index contributed by atoms with van der Waals surface area (Å²) in [7, 11) is 1.78. The van der Waals surface area contributed by atoms with Crippen molar-refractivity contribution in [3.05, 3.63) is 41.2 Å². The number of fused-ring (bicyclic) bond motifs is 1. The highest BCUT2D eigenvalue weighted by molar-refractivity contribution is 6.06. The number of carbonyl (C=O) groups is 1. The van der Waals surface area contributed by atoms with E-state index in [1.807, 2.05) is 31.2 Å². The summed E-state index contributed by atoms with van der Waals surface area (Å²) in [6.45, 7) is 2.51. The van der Waals surface area contributed by atoms with Crippen molar-refractivity contribution in [2.45, 2.75) is 13.3 Å². The van der Waals surface area contributed by atoms with Gasteiger partial charge in [0.15, 0.2) is 0 Å². The first kappa shape index (κ1) is 13.6. The Morgan fingerprint density at radius 1 is 1.35 bits per heavy atom. The van der Waals surface area contributed by atoms with Crippen LogP contribution < -0.4 is 4.90 Å². The maximum atomic E-state index is 12.9. The first-order chi connectivity index (χ1) is 11.1. The van der Waals surface area contributed by atoms with Gasteiger partial charge in [-0.3, -0.25) is 9.48 Å². The highest BCUT2D eigenvalue weighted by Gasteiger charge is 2.29. The largest absolute Gasteiger partial charge is 0.306 e. The second-order valence-electron chi connectivity index (χ2n) is 5.54. The van der Waals surface area contributed by atoms with Crippen LogP contribution in [0.25, 0.3) is 11.4 Å². The molecule has 0 aliphatic carbocycles. The number of carbonyl (C=O) groups excluding carboxylic acids is 1. The van der Waals surface area contributed by atoms with Crippen LogP contribution in [0.4, 0.5) is 5.69 Å². The summed E-state index contributed by atoms with van der Waals surface area (Å²) in [6.07, 6.45) is 0.766. The van der Waals surface area contributed by atoms with Gasteiger partial charge in [0.05, 0.1) is 5.69 Å². The Morgan fingerprint density at radius 3 is 2.91 bits per heavy atom. The third-order valence-corrected chi connectivity index (χ3v) is 4.08. The van der Waals surface area contributed by atoms with Crippen molar-refractivity contribution >= 4 is 11.6 Å². The van der Waals surface area contributed by atoms with E-state index in [9.17, 15) is 4.79 Å². The second-order valence-corrected chi connectivity index (χ2v) is 5.54. The fourth-order valence-corrected chi connectivity index (χ4v) is 3.08. The van der Waals surface area contributed by atoms with E-state index in [1.54, 1.807) is 16.6 Å². The lowest BCUT2D eigenvalue weighted by Gasteiger charge is -2.17. The number of nitrogens with zero attached hydrogens (tertiary/aromatic N) is 6. The first-order valence-corrected chi connectivity index (χ1v) is 7.33. The van der Waals surface area contributed by atoms with Gasteiger partial charge in [-0.1, -0.05) is 12.1 Å². The molecule has 0 spiro atoms. The Morgan fingerprint density at radius 2 is 2.22 bits per heavy atom. The van der Waals surface area contributed by atoms with Crippen LogP contribution in [0.15, 0.2) is 24.3 Å². The van der Waals surface area contributed by atoms with Crippen molar-refractivity contribution in [1.29, 1.82) is 0 Å². The normalized spacial score (nSPS) is 13.4. The number of nitrogens with one attached hydrogen (secondary N) is 1. The van der Waals surface area contributed by atoms with Crippen LogP contribution in [-0.2, 0) is 13.5 Å². The van der Waals surface area contributed by atoms with Crippen LogP contribution >= 0.6 is 0 Å². The predicted octanol–water partition coefficient (Wildman–Crippen LogP) is 1.11. The van der Waals surface area contributed by atoms with Gasteiger partial charge in [-0.2, -0.15) is 10.3 Å². The average Bonchev–Trinajstić information content (AvgIpc) is 3.25. The number of amides is 1. The summed E-state index contributed by atoms with van der Waals surface area (Å²) in [5, 5.41) is 18.4. The minimum Gasteiger partial charge on any atom is -0.306 e. The quantitative estimate of drug-likeness (QED) is 0.765. The monoisotopic (exact) mass is 309 g/mol. The zero-order valence-electron chi connectivity index (χ0n) is 12.8. The Balaban J connectivity index is 1.75. The van der Waals surface area contributed by atoms with Crippen LogP contribution in [0, 0.1) is 6.92 Å². The molecule has 8 nitrogen and oxygen atoms in total. The molecule has 0 atom stereocenters. The Hall–Kier alpha value is -3.03. The molecule has 1 aliphatic heterocycles. The van der Waals surface area contributed by atoms with Gasteiger partial charge < -0.3 is 4.90 Å². The molecule has 1 N–H and O–H groups in total. The van der Waals surface area contributed by atoms with Crippen molar-refractivity contribution in [1.82, 2.24) is 30.4 Å². The molecule has 3 heterocycles. The van der Waals surface area contributed by atoms with E-state index in [0.29, 0.717) is 18.1 Å². The van der Waals surface area contributed by atoms with Gasteiger partial charge in [0.1, 0.15) is 5.69 Å². The minimum absolute atomic E-state index is 0.0443. The van der Waals surface area contributed by atoms with Gasteiger partial charge in [0, 0.05) is 24.8 Å². The van der Waals surface area contributed by atoms with E-state index in [0.717, 1.165) is 28.9 Å². The van der Waals surface area contributed by atoms with Crippen LogP contribution in [0.1, 0.15) is 21.7 Å². The van der Waals surface area contributed by atoms with Gasteiger partial charge in [-0.15, -0.1) is 10.2 Å². The molecular formula is C15H15N7O. The van der Waals surface area contributed by atoms with Crippen LogP contribution in [0.5, 0.6) is 0 Å². The first-order valence-electron chi connectivity index (χ1n) is 7.33. The highest BCUT2D eigenvalue weighted by atomic mass is 16.2. The van der Waals surface area contributed by atoms with Crippen molar-refractivity contribution in [2.24, 2.45) is 7.05 Å². The summed E-state index contributed by atoms with van der Waals surface area (Å²) in [5.74, 6) is 0.504. The van der Waals surface area contributed by atoms with E-state index < -0.39 is 0 Å². The lowest BCUT2D eigenvalue weighted by atomic mass is 10.0. The van der Waals surface area contributed by atoms with Crippen LogP contribution in [0.2, 0.25) is 0 Å². The molecule has 1 aliphatic rings. The molecule has 1 amide bonds. The number of hydrogen-bond donors (Lipinski definition) is 1. The molecule has 0 fully saturated rings. The lowest BCUT2D eigenvalue weighted by molar-refractivity contribution is 0.0980. The molecule has 116 valence electrons. The SMILES string of the molecule is Cc1cc(C(=O)N2CCc3c(-c4nn[nH]n4)cccc32)n(C)n1. The molecule has 0 unspecified atom stereocenters. The number of rotatable bonds is 2. The van der Waals surface area contributed by atoms with Crippen molar-refractivity contribution in [3.63, 3.8) is 0 Å². The maximum absolute atomic E-state index is 12.9. The van der Waals surface area contributed by atoms with E-state index in [1.165, 1.54) is 0 Å². The number of aryl methyl sites for hydroxylation is 2. The van der Waals surface area contributed by atoms with Crippen molar-refractivity contribution in [2.75, 3.05) is 11.4 Å². The van der Waals surface area contributed by atoms with E-state index in [2.05, 4.69) is 25.7 Å². The van der Waals surface area contributed by atoms with Gasteiger partial charge in [0.2, 0.25) is 5.82 Å². The van der Waals surface area contributed by atoms with E-state index in [-0.39, 0.29) is 5.91 Å². The molecular weight excluding hydrogens is 294 g/mol. The van der Waals surface area contributed by atoms with Gasteiger partial charge in [-0.05, 0) is 36.3 Å². The minimum atomic E-state index is -0.0443. The van der Waals surface area contributed by atoms with Crippen LogP contribution in [0.3, 0.4) is 0 Å². The summed E-state index contributed by atoms with van der Waals surface area (Å²) in [4.78, 5) is 14.6. The summed E-state index contributed by atoms with van der Waals surface area (Å²) >= 11 is 0. The number of hydrogen-bond acceptors (Lipinski definition) is 5. The third-order valence-electron chi connectivity index (χ3n) is 4.08. The number of aromatic nitrogens is 6. The molecule has 23 heavy (non-hydrogen) atoms. The van der Waals surface area contributed by atoms with Crippen molar-refractivity contribution in [3.8, 4) is 11.4 Å². The fraction of sp³-hybridized carbons (Fsp3) is 0.267. The molecule has 0 saturated carbocycles. The fourth-order valence-electron chi connectivity index (χ4n) is 3.08. The molecule has 2 aromatic heterocycles. The molecule has 1 aromatic carbocycles. The van der Waals surface area contributed by atoms with Gasteiger partial charge in [0.25, 0.3) is 5.91 Å². The number of anilines is 1. The summed E-state index contributed by atoms with van der Waals surface area (Å²) in [6, 6.07) is 7.62. The summed E-state index contributed by atoms with van der Waals surface area (Å²) in [5.41, 5.74) is 4.29. The van der Waals surface area contributed by atoms with Gasteiger partial charge in [-0.25, -0.2) is 0 Å². The van der Waals surface area contributed by atoms with Crippen LogP contribution in [-0.4, -0.2) is 42.9 Å². The topological polar surface area (TPSA) is 92.6 Å². The molecule has 4 rings (SSSR count). The molecule has 8 heteroatoms. The second kappa shape index (κ2) is 5.01. The lowest BCUT2D eigenvalue weighted by Crippen LogP contribution is -2.30. The predicted molar refractivity (Wildman–Crippen MR) is 82.9 cm³/mol. The maximum Gasteiger partial charge on any atom is 0.276 e. The Labute approximate surface area is 132 Å². The third kappa shape index (κ3) is 2.10. The van der Waals surface area contributed by atoms with Gasteiger partial charge >= 0.3 is 0 Å².